The molecule has 0 aliphatic rings. The second-order valence-electron chi connectivity index (χ2n) is 17.3. The summed E-state index contributed by atoms with van der Waals surface area (Å²) < 4.78 is 35.5. The average Bonchev–Trinajstić information content (AvgIpc) is 3.31. The van der Waals surface area contributed by atoms with Crippen LogP contribution < -0.4 is 0 Å². The van der Waals surface area contributed by atoms with Crippen LogP contribution in [0.2, 0.25) is 0 Å². The van der Waals surface area contributed by atoms with Gasteiger partial charge in [0.15, 0.2) is 12.6 Å². The van der Waals surface area contributed by atoms with Crippen LogP contribution in [0.1, 0.15) is 227 Å². The first-order chi connectivity index (χ1) is 32.0. The number of hydrogen-bond donors (Lipinski definition) is 0. The minimum Gasteiger partial charge on any atom is -0.466 e. The van der Waals surface area contributed by atoms with Gasteiger partial charge in [-0.2, -0.15) is 0 Å². The monoisotopic (exact) mass is 918 g/mol. The molecule has 65 heavy (non-hydrogen) atoms. The molecule has 0 saturated carbocycles. The van der Waals surface area contributed by atoms with Crippen molar-refractivity contribution in [2.24, 2.45) is 0 Å². The number of ether oxygens (including phenoxy) is 6. The molecule has 0 rings (SSSR count). The SMILES string of the molecule is CC/C=C\CCCCOC(CCCC(=O)OCCCCCCN(CC)CCCCCCOC(=O)CCCC(OCCCC/C=C\CC)OCCCC/C=C\CC)OCCCC/C=C\CC. The fourth-order valence-corrected chi connectivity index (χ4v) is 7.24. The van der Waals surface area contributed by atoms with E-state index in [0.717, 1.165) is 174 Å². The van der Waals surface area contributed by atoms with E-state index in [1.54, 1.807) is 0 Å². The Hall–Kier alpha value is -2.30. The van der Waals surface area contributed by atoms with Gasteiger partial charge in [0.2, 0.25) is 0 Å². The standard InChI is InChI=1S/C56H103NO8/c1-6-11-15-19-25-35-49-62-55(63-50-36-26-20-16-12-7-2)43-39-41-53(58)60-47-33-29-23-31-45-57(10-5)46-32-24-30-34-48-61-54(59)42-40-44-56(64-51-37-27-21-17-13-8-3)65-52-38-28-22-18-14-9-4/h11-18,55-56H,6-10,19-52H2,1-5H3/b15-11-,16-12-,17-13-,18-14-. The Morgan fingerprint density at radius 3 is 0.985 bits per heavy atom. The zero-order chi connectivity index (χ0) is 47.4. The van der Waals surface area contributed by atoms with Gasteiger partial charge in [0.25, 0.3) is 0 Å². The number of carbonyl (C=O) groups is 2. The Labute approximate surface area is 401 Å². The molecule has 0 atom stereocenters. The average molecular weight is 918 g/mol. The van der Waals surface area contributed by atoms with Crippen LogP contribution in [0.25, 0.3) is 0 Å². The maximum absolute atomic E-state index is 12.4. The predicted octanol–water partition coefficient (Wildman–Crippen LogP) is 15.1. The Kier molecular flexibility index (Phi) is 50.8. The predicted molar refractivity (Wildman–Crippen MR) is 273 cm³/mol. The molecule has 0 bridgehead atoms. The van der Waals surface area contributed by atoms with Gasteiger partial charge in [-0.05, 0) is 174 Å². The molecular weight excluding hydrogens is 815 g/mol. The van der Waals surface area contributed by atoms with Crippen LogP contribution in [-0.4, -0.2) is 88.7 Å². The highest BCUT2D eigenvalue weighted by Gasteiger charge is 2.13. The fraction of sp³-hybridized carbons (Fsp3) is 0.821. The molecule has 0 aromatic heterocycles. The van der Waals surface area contributed by atoms with Crippen molar-refractivity contribution in [1.82, 2.24) is 4.90 Å². The van der Waals surface area contributed by atoms with E-state index < -0.39 is 0 Å². The molecular formula is C56H103NO8. The molecule has 0 fully saturated rings. The smallest absolute Gasteiger partial charge is 0.305 e. The molecule has 0 spiro atoms. The molecule has 0 saturated heterocycles. The number of allylic oxidation sites excluding steroid dienone is 8. The van der Waals surface area contributed by atoms with Crippen molar-refractivity contribution < 1.29 is 38.0 Å². The number of unbranched alkanes of at least 4 members (excludes halogenated alkanes) is 14. The number of esters is 2. The van der Waals surface area contributed by atoms with Gasteiger partial charge in [0.05, 0.1) is 13.2 Å². The third-order valence-corrected chi connectivity index (χ3v) is 11.2. The highest BCUT2D eigenvalue weighted by molar-refractivity contribution is 5.69. The summed E-state index contributed by atoms with van der Waals surface area (Å²) in [5.41, 5.74) is 0. The minimum absolute atomic E-state index is 0.116. The maximum Gasteiger partial charge on any atom is 0.305 e. The lowest BCUT2D eigenvalue weighted by molar-refractivity contribution is -0.152. The van der Waals surface area contributed by atoms with E-state index in [1.165, 1.54) is 0 Å². The first kappa shape index (κ1) is 62.7. The van der Waals surface area contributed by atoms with Gasteiger partial charge in [0, 0.05) is 39.3 Å². The molecule has 9 nitrogen and oxygen atoms in total. The van der Waals surface area contributed by atoms with E-state index in [-0.39, 0.29) is 24.5 Å². The molecule has 0 aliphatic heterocycles. The van der Waals surface area contributed by atoms with Gasteiger partial charge in [-0.15, -0.1) is 0 Å². The Morgan fingerprint density at radius 2 is 0.677 bits per heavy atom. The summed E-state index contributed by atoms with van der Waals surface area (Å²) in [4.78, 5) is 27.4. The molecule has 0 heterocycles. The normalized spacial score (nSPS) is 12.2. The maximum atomic E-state index is 12.4. The van der Waals surface area contributed by atoms with Gasteiger partial charge in [0.1, 0.15) is 0 Å². The van der Waals surface area contributed by atoms with Crippen LogP contribution >= 0.6 is 0 Å². The van der Waals surface area contributed by atoms with Gasteiger partial charge in [-0.3, -0.25) is 9.59 Å². The summed E-state index contributed by atoms with van der Waals surface area (Å²) in [6.07, 6.45) is 46.9. The molecule has 0 aliphatic carbocycles. The molecule has 0 aromatic rings. The van der Waals surface area contributed by atoms with E-state index in [2.05, 4.69) is 88.1 Å². The summed E-state index contributed by atoms with van der Waals surface area (Å²) >= 11 is 0. The number of nitrogens with zero attached hydrogens (tertiary/aromatic N) is 1. The molecule has 0 amide bonds. The van der Waals surface area contributed by atoms with Crippen LogP contribution in [0.15, 0.2) is 48.6 Å². The lowest BCUT2D eigenvalue weighted by Gasteiger charge is -2.20. The third kappa shape index (κ3) is 48.0. The second kappa shape index (κ2) is 52.7. The lowest BCUT2D eigenvalue weighted by Crippen LogP contribution is -2.25. The van der Waals surface area contributed by atoms with E-state index in [9.17, 15) is 9.59 Å². The minimum atomic E-state index is -0.252. The van der Waals surface area contributed by atoms with Gasteiger partial charge in [-0.1, -0.05) is 109 Å². The van der Waals surface area contributed by atoms with Crippen molar-refractivity contribution in [3.05, 3.63) is 48.6 Å². The van der Waals surface area contributed by atoms with Gasteiger partial charge < -0.3 is 33.3 Å². The van der Waals surface area contributed by atoms with Gasteiger partial charge in [-0.25, -0.2) is 0 Å². The lowest BCUT2D eigenvalue weighted by atomic mass is 10.1. The second-order valence-corrected chi connectivity index (χ2v) is 17.3. The first-order valence-corrected chi connectivity index (χ1v) is 27.1. The topological polar surface area (TPSA) is 92.8 Å². The van der Waals surface area contributed by atoms with Crippen LogP contribution in [0.3, 0.4) is 0 Å². The highest BCUT2D eigenvalue weighted by Crippen LogP contribution is 2.14. The zero-order valence-electron chi connectivity index (χ0n) is 43.1. The summed E-state index contributed by atoms with van der Waals surface area (Å²) in [5.74, 6) is -0.232. The number of rotatable bonds is 51. The van der Waals surface area contributed by atoms with Crippen molar-refractivity contribution in [3.63, 3.8) is 0 Å². The third-order valence-electron chi connectivity index (χ3n) is 11.2. The molecule has 0 N–H and O–H groups in total. The van der Waals surface area contributed by atoms with Crippen LogP contribution in [0.5, 0.6) is 0 Å². The summed E-state index contributed by atoms with van der Waals surface area (Å²) in [5, 5.41) is 0. The highest BCUT2D eigenvalue weighted by atomic mass is 16.7. The van der Waals surface area contributed by atoms with Crippen molar-refractivity contribution in [3.8, 4) is 0 Å². The van der Waals surface area contributed by atoms with Gasteiger partial charge >= 0.3 is 11.9 Å². The van der Waals surface area contributed by atoms with E-state index >= 15 is 0 Å². The Bertz CT molecular complexity index is 992. The molecule has 380 valence electrons. The summed E-state index contributed by atoms with van der Waals surface area (Å²) in [6, 6.07) is 0. The van der Waals surface area contributed by atoms with E-state index in [4.69, 9.17) is 28.4 Å². The van der Waals surface area contributed by atoms with Crippen molar-refractivity contribution >= 4 is 11.9 Å². The van der Waals surface area contributed by atoms with Crippen molar-refractivity contribution in [1.29, 1.82) is 0 Å². The van der Waals surface area contributed by atoms with Crippen LogP contribution in [0, 0.1) is 0 Å². The van der Waals surface area contributed by atoms with E-state index in [1.807, 2.05) is 0 Å². The van der Waals surface area contributed by atoms with Crippen LogP contribution in [0.4, 0.5) is 0 Å². The molecule has 0 unspecified atom stereocenters. The zero-order valence-corrected chi connectivity index (χ0v) is 43.1. The van der Waals surface area contributed by atoms with Crippen molar-refractivity contribution in [2.75, 3.05) is 59.3 Å². The largest absolute Gasteiger partial charge is 0.466 e. The summed E-state index contributed by atoms with van der Waals surface area (Å²) in [7, 11) is 0. The summed E-state index contributed by atoms with van der Waals surface area (Å²) in [6.45, 7) is 17.9. The first-order valence-electron chi connectivity index (χ1n) is 27.1. The fourth-order valence-electron chi connectivity index (χ4n) is 7.24. The quantitative estimate of drug-likeness (QED) is 0.0256. The van der Waals surface area contributed by atoms with Crippen molar-refractivity contribution in [2.45, 2.75) is 240 Å². The Balaban J connectivity index is 4.10. The molecule has 9 heteroatoms. The van der Waals surface area contributed by atoms with E-state index in [0.29, 0.717) is 78.2 Å². The number of carbonyl (C=O) groups excluding carboxylic acids is 2. The molecule has 0 aromatic carbocycles. The number of hydrogen-bond acceptors (Lipinski definition) is 9. The Morgan fingerprint density at radius 1 is 0.369 bits per heavy atom. The molecule has 0 radical (unpaired) electrons. The van der Waals surface area contributed by atoms with Crippen LogP contribution in [-0.2, 0) is 38.0 Å².